The first-order valence-corrected chi connectivity index (χ1v) is 7.22. The Morgan fingerprint density at radius 1 is 1.19 bits per heavy atom. The molecular weight excluding hydrogens is 355 g/mol. The van der Waals surface area contributed by atoms with Gasteiger partial charge in [0.15, 0.2) is 0 Å². The fourth-order valence-corrected chi connectivity index (χ4v) is 2.08. The molecule has 2 N–H and O–H groups in total. The fraction of sp³-hybridized carbons (Fsp3) is 0.188. The molecule has 10 heteroatoms. The zero-order valence-electron chi connectivity index (χ0n) is 13.5. The first kappa shape index (κ1) is 19.2. The summed E-state index contributed by atoms with van der Waals surface area (Å²) in [7, 11) is 1.53. The second kappa shape index (κ2) is 7.83. The molecule has 2 aromatic rings. The van der Waals surface area contributed by atoms with Crippen molar-refractivity contribution < 1.29 is 27.6 Å². The molecule has 0 saturated heterocycles. The van der Waals surface area contributed by atoms with Gasteiger partial charge in [-0.2, -0.15) is 13.2 Å². The number of nitrogens with one attached hydrogen (secondary N) is 2. The van der Waals surface area contributed by atoms with Gasteiger partial charge in [-0.25, -0.2) is 0 Å². The molecule has 2 aromatic carbocycles. The van der Waals surface area contributed by atoms with Crippen molar-refractivity contribution in [1.29, 1.82) is 0 Å². The van der Waals surface area contributed by atoms with E-state index in [-0.39, 0.29) is 11.3 Å². The second-order valence-electron chi connectivity index (χ2n) is 5.20. The van der Waals surface area contributed by atoms with Crippen LogP contribution >= 0.6 is 0 Å². The van der Waals surface area contributed by atoms with Crippen LogP contribution in [0, 0.1) is 10.1 Å². The standard InChI is InChI=1S/C16H14F3N3O4/c1-26-9-10-2-4-11(5-3-10)15(23)21-20-13-7-6-12(16(17,18)19)8-14(13)22(24)25/h2-8,20H,9H2,1H3,(H,21,23). The molecule has 0 fully saturated rings. The lowest BCUT2D eigenvalue weighted by Crippen LogP contribution is -2.29. The first-order valence-electron chi connectivity index (χ1n) is 7.22. The zero-order chi connectivity index (χ0) is 19.3. The number of rotatable bonds is 6. The van der Waals surface area contributed by atoms with E-state index in [9.17, 15) is 28.1 Å². The van der Waals surface area contributed by atoms with Gasteiger partial charge in [0.05, 0.1) is 17.1 Å². The number of ether oxygens (including phenoxy) is 1. The molecule has 0 aliphatic carbocycles. The summed E-state index contributed by atoms with van der Waals surface area (Å²) < 4.78 is 42.9. The summed E-state index contributed by atoms with van der Waals surface area (Å²) in [6, 6.07) is 8.33. The number of hydrogen-bond donors (Lipinski definition) is 2. The largest absolute Gasteiger partial charge is 0.416 e. The fourth-order valence-electron chi connectivity index (χ4n) is 2.08. The van der Waals surface area contributed by atoms with E-state index in [1.165, 1.54) is 19.2 Å². The molecule has 0 bridgehead atoms. The van der Waals surface area contributed by atoms with Crippen LogP contribution in [0.1, 0.15) is 21.5 Å². The highest BCUT2D eigenvalue weighted by molar-refractivity contribution is 5.95. The number of hydrazine groups is 1. The normalized spacial score (nSPS) is 11.1. The molecule has 138 valence electrons. The maximum absolute atomic E-state index is 12.7. The van der Waals surface area contributed by atoms with Gasteiger partial charge in [0, 0.05) is 18.7 Å². The van der Waals surface area contributed by atoms with Crippen molar-refractivity contribution in [1.82, 2.24) is 5.43 Å². The molecule has 2 rings (SSSR count). The minimum absolute atomic E-state index is 0.256. The Morgan fingerprint density at radius 3 is 2.38 bits per heavy atom. The average Bonchev–Trinajstić information content (AvgIpc) is 2.59. The number of methoxy groups -OCH3 is 1. The molecule has 0 saturated carbocycles. The number of halogens is 3. The minimum Gasteiger partial charge on any atom is -0.380 e. The highest BCUT2D eigenvalue weighted by Crippen LogP contribution is 2.34. The van der Waals surface area contributed by atoms with E-state index in [0.717, 1.165) is 11.6 Å². The predicted octanol–water partition coefficient (Wildman–Crippen LogP) is 3.52. The minimum atomic E-state index is -4.71. The Hall–Kier alpha value is -3.14. The molecule has 1 amide bonds. The lowest BCUT2D eigenvalue weighted by atomic mass is 10.1. The van der Waals surface area contributed by atoms with Crippen molar-refractivity contribution in [2.24, 2.45) is 0 Å². The second-order valence-corrected chi connectivity index (χ2v) is 5.20. The zero-order valence-corrected chi connectivity index (χ0v) is 13.5. The van der Waals surface area contributed by atoms with Gasteiger partial charge >= 0.3 is 6.18 Å². The summed E-state index contributed by atoms with van der Waals surface area (Å²) in [4.78, 5) is 22.1. The van der Waals surface area contributed by atoms with Gasteiger partial charge in [0.2, 0.25) is 0 Å². The number of amides is 1. The number of nitrogens with zero attached hydrogens (tertiary/aromatic N) is 1. The summed E-state index contributed by atoms with van der Waals surface area (Å²) >= 11 is 0. The van der Waals surface area contributed by atoms with Gasteiger partial charge in [-0.05, 0) is 29.8 Å². The van der Waals surface area contributed by atoms with Gasteiger partial charge in [-0.15, -0.1) is 0 Å². The summed E-state index contributed by atoms with van der Waals surface area (Å²) in [6.45, 7) is 0.373. The van der Waals surface area contributed by atoms with Gasteiger partial charge < -0.3 is 4.74 Å². The molecule has 0 unspecified atom stereocenters. The third kappa shape index (κ3) is 4.70. The highest BCUT2D eigenvalue weighted by atomic mass is 19.4. The molecule has 0 aliphatic heterocycles. The molecule has 0 spiro atoms. The van der Waals surface area contributed by atoms with Crippen molar-refractivity contribution in [3.63, 3.8) is 0 Å². The van der Waals surface area contributed by atoms with Crippen LogP contribution in [-0.2, 0) is 17.5 Å². The topological polar surface area (TPSA) is 93.5 Å². The monoisotopic (exact) mass is 369 g/mol. The highest BCUT2D eigenvalue weighted by Gasteiger charge is 2.33. The molecule has 26 heavy (non-hydrogen) atoms. The number of alkyl halides is 3. The molecule has 0 atom stereocenters. The van der Waals surface area contributed by atoms with Crippen LogP contribution < -0.4 is 10.9 Å². The Morgan fingerprint density at radius 2 is 1.85 bits per heavy atom. The third-order valence-corrected chi connectivity index (χ3v) is 3.36. The number of nitro groups is 1. The van der Waals surface area contributed by atoms with E-state index in [1.807, 2.05) is 0 Å². The van der Waals surface area contributed by atoms with Crippen LogP contribution in [-0.4, -0.2) is 17.9 Å². The molecule has 0 aromatic heterocycles. The van der Waals surface area contributed by atoms with E-state index in [2.05, 4.69) is 10.9 Å². The van der Waals surface area contributed by atoms with Gasteiger partial charge in [-0.1, -0.05) is 12.1 Å². The summed E-state index contributed by atoms with van der Waals surface area (Å²) in [5.41, 5.74) is 3.35. The number of nitro benzene ring substituents is 1. The van der Waals surface area contributed by atoms with Crippen molar-refractivity contribution in [3.05, 3.63) is 69.3 Å². The van der Waals surface area contributed by atoms with Gasteiger partial charge in [0.25, 0.3) is 11.6 Å². The first-order chi connectivity index (χ1) is 12.2. The number of hydrogen-bond acceptors (Lipinski definition) is 5. The third-order valence-electron chi connectivity index (χ3n) is 3.36. The van der Waals surface area contributed by atoms with Crippen LogP contribution in [0.3, 0.4) is 0 Å². The Balaban J connectivity index is 2.13. The lowest BCUT2D eigenvalue weighted by molar-refractivity contribution is -0.384. The Labute approximate surface area is 145 Å². The average molecular weight is 369 g/mol. The molecular formula is C16H14F3N3O4. The van der Waals surface area contributed by atoms with Crippen LogP contribution in [0.15, 0.2) is 42.5 Å². The van der Waals surface area contributed by atoms with Crippen molar-refractivity contribution >= 4 is 17.3 Å². The van der Waals surface area contributed by atoms with Crippen molar-refractivity contribution in [2.75, 3.05) is 12.5 Å². The molecule has 0 aliphatic rings. The number of carbonyl (C=O) groups is 1. The molecule has 0 heterocycles. The molecule has 0 radical (unpaired) electrons. The lowest BCUT2D eigenvalue weighted by Gasteiger charge is -2.11. The van der Waals surface area contributed by atoms with Crippen LogP contribution in [0.25, 0.3) is 0 Å². The Bertz CT molecular complexity index is 807. The van der Waals surface area contributed by atoms with Crippen LogP contribution in [0.4, 0.5) is 24.5 Å². The summed E-state index contributed by atoms with van der Waals surface area (Å²) in [5.74, 6) is -0.608. The van der Waals surface area contributed by atoms with Crippen LogP contribution in [0.5, 0.6) is 0 Å². The van der Waals surface area contributed by atoms with E-state index in [0.29, 0.717) is 18.7 Å². The molecule has 7 nitrogen and oxygen atoms in total. The number of carbonyl (C=O) groups excluding carboxylic acids is 1. The van der Waals surface area contributed by atoms with E-state index >= 15 is 0 Å². The van der Waals surface area contributed by atoms with E-state index in [4.69, 9.17) is 4.74 Å². The van der Waals surface area contributed by atoms with Gasteiger partial charge in [0.1, 0.15) is 5.69 Å². The summed E-state index contributed by atoms with van der Waals surface area (Å²) in [6.07, 6.45) is -4.71. The van der Waals surface area contributed by atoms with Gasteiger partial charge in [-0.3, -0.25) is 25.8 Å². The maximum atomic E-state index is 12.7. The number of benzene rings is 2. The summed E-state index contributed by atoms with van der Waals surface area (Å²) in [5, 5.41) is 11.0. The van der Waals surface area contributed by atoms with Crippen molar-refractivity contribution in [2.45, 2.75) is 12.8 Å². The SMILES string of the molecule is COCc1ccc(C(=O)NNc2ccc(C(F)(F)F)cc2[N+](=O)[O-])cc1. The van der Waals surface area contributed by atoms with Crippen LogP contribution in [0.2, 0.25) is 0 Å². The van der Waals surface area contributed by atoms with E-state index in [1.54, 1.807) is 12.1 Å². The smallest absolute Gasteiger partial charge is 0.380 e. The van der Waals surface area contributed by atoms with Crippen molar-refractivity contribution in [3.8, 4) is 0 Å². The maximum Gasteiger partial charge on any atom is 0.416 e. The Kier molecular flexibility index (Phi) is 5.78. The predicted molar refractivity (Wildman–Crippen MR) is 86.3 cm³/mol. The van der Waals surface area contributed by atoms with E-state index < -0.39 is 28.3 Å². The number of anilines is 1. The quantitative estimate of drug-likeness (QED) is 0.600.